The van der Waals surface area contributed by atoms with Crippen molar-refractivity contribution in [2.24, 2.45) is 0 Å². The molecule has 1 aromatic carbocycles. The molecule has 110 valence electrons. The Hall–Kier alpha value is -1.73. The zero-order valence-electron chi connectivity index (χ0n) is 12.6. The Kier molecular flexibility index (Phi) is 6.89. The molecule has 0 fully saturated rings. The van der Waals surface area contributed by atoms with E-state index in [-0.39, 0.29) is 0 Å². The number of nitrogens with zero attached hydrogens (tertiary/aromatic N) is 1. The fraction of sp³-hybridized carbons (Fsp3) is 0.562. The molecule has 0 aliphatic heterocycles. The van der Waals surface area contributed by atoms with Gasteiger partial charge in [-0.1, -0.05) is 13.8 Å². The van der Waals surface area contributed by atoms with Crippen molar-refractivity contribution in [3.8, 4) is 17.6 Å². The van der Waals surface area contributed by atoms with Gasteiger partial charge >= 0.3 is 0 Å². The van der Waals surface area contributed by atoms with Crippen LogP contribution < -0.4 is 14.8 Å². The van der Waals surface area contributed by atoms with Crippen LogP contribution in [0.2, 0.25) is 0 Å². The van der Waals surface area contributed by atoms with Crippen molar-refractivity contribution in [2.75, 3.05) is 20.3 Å². The number of rotatable bonds is 9. The van der Waals surface area contributed by atoms with E-state index in [1.54, 1.807) is 7.11 Å². The first-order valence-corrected chi connectivity index (χ1v) is 7.13. The zero-order chi connectivity index (χ0) is 14.8. The van der Waals surface area contributed by atoms with Crippen molar-refractivity contribution in [2.45, 2.75) is 38.6 Å². The lowest BCUT2D eigenvalue weighted by Gasteiger charge is -2.25. The molecule has 0 aromatic heterocycles. The summed E-state index contributed by atoms with van der Waals surface area (Å²) in [5.41, 5.74) is -0.419. The van der Waals surface area contributed by atoms with E-state index < -0.39 is 5.54 Å². The monoisotopic (exact) mass is 276 g/mol. The van der Waals surface area contributed by atoms with Crippen LogP contribution >= 0.6 is 0 Å². The number of methoxy groups -OCH3 is 1. The highest BCUT2D eigenvalue weighted by molar-refractivity contribution is 5.31. The molecule has 0 aliphatic rings. The highest BCUT2D eigenvalue weighted by atomic mass is 16.5. The SMILES string of the molecule is CCNC(C#N)(CC)CCCOc1ccc(OC)cc1. The van der Waals surface area contributed by atoms with Crippen LogP contribution in [-0.4, -0.2) is 25.8 Å². The van der Waals surface area contributed by atoms with Gasteiger partial charge in [-0.2, -0.15) is 5.26 Å². The Morgan fingerprint density at radius 1 is 1.20 bits per heavy atom. The van der Waals surface area contributed by atoms with Gasteiger partial charge in [0.05, 0.1) is 19.8 Å². The third-order valence-electron chi connectivity index (χ3n) is 3.41. The average Bonchev–Trinajstić information content (AvgIpc) is 2.51. The van der Waals surface area contributed by atoms with Crippen LogP contribution in [0.15, 0.2) is 24.3 Å². The van der Waals surface area contributed by atoms with Gasteiger partial charge in [0.2, 0.25) is 0 Å². The third-order valence-corrected chi connectivity index (χ3v) is 3.41. The first-order chi connectivity index (χ1) is 9.69. The van der Waals surface area contributed by atoms with Crippen molar-refractivity contribution in [1.82, 2.24) is 5.32 Å². The lowest BCUT2D eigenvalue weighted by molar-refractivity contribution is 0.277. The number of benzene rings is 1. The largest absolute Gasteiger partial charge is 0.497 e. The average molecular weight is 276 g/mol. The quantitative estimate of drug-likeness (QED) is 0.704. The number of nitriles is 1. The van der Waals surface area contributed by atoms with Crippen molar-refractivity contribution < 1.29 is 9.47 Å². The van der Waals surface area contributed by atoms with Gasteiger partial charge in [-0.15, -0.1) is 0 Å². The molecule has 1 N–H and O–H groups in total. The molecule has 0 saturated heterocycles. The van der Waals surface area contributed by atoms with E-state index in [1.807, 2.05) is 38.1 Å². The third kappa shape index (κ3) is 4.75. The van der Waals surface area contributed by atoms with E-state index in [0.717, 1.165) is 37.3 Å². The van der Waals surface area contributed by atoms with Crippen molar-refractivity contribution in [3.63, 3.8) is 0 Å². The zero-order valence-corrected chi connectivity index (χ0v) is 12.6. The summed E-state index contributed by atoms with van der Waals surface area (Å²) in [6, 6.07) is 9.92. The minimum atomic E-state index is -0.419. The molecule has 1 rings (SSSR count). The van der Waals surface area contributed by atoms with E-state index in [4.69, 9.17) is 9.47 Å². The Morgan fingerprint density at radius 3 is 2.35 bits per heavy atom. The number of hydrogen-bond donors (Lipinski definition) is 1. The van der Waals surface area contributed by atoms with Crippen LogP contribution in [0, 0.1) is 11.3 Å². The molecule has 1 aromatic rings. The van der Waals surface area contributed by atoms with E-state index >= 15 is 0 Å². The van der Waals surface area contributed by atoms with Crippen LogP contribution in [0.5, 0.6) is 11.5 Å². The summed E-state index contributed by atoms with van der Waals surface area (Å²) < 4.78 is 10.8. The van der Waals surface area contributed by atoms with Gasteiger partial charge in [-0.25, -0.2) is 0 Å². The molecule has 0 saturated carbocycles. The Bertz CT molecular complexity index is 425. The van der Waals surface area contributed by atoms with E-state index in [9.17, 15) is 5.26 Å². The molecule has 0 aliphatic carbocycles. The molecule has 4 nitrogen and oxygen atoms in total. The summed E-state index contributed by atoms with van der Waals surface area (Å²) in [6.07, 6.45) is 2.45. The maximum absolute atomic E-state index is 9.31. The lowest BCUT2D eigenvalue weighted by Crippen LogP contribution is -2.43. The summed E-state index contributed by atoms with van der Waals surface area (Å²) in [7, 11) is 1.64. The van der Waals surface area contributed by atoms with E-state index in [0.29, 0.717) is 6.61 Å². The molecule has 20 heavy (non-hydrogen) atoms. The van der Waals surface area contributed by atoms with Gasteiger partial charge < -0.3 is 9.47 Å². The second-order valence-corrected chi connectivity index (χ2v) is 4.71. The Balaban J connectivity index is 2.38. The van der Waals surface area contributed by atoms with Gasteiger partial charge in [0.25, 0.3) is 0 Å². The maximum Gasteiger partial charge on any atom is 0.119 e. The molecular weight excluding hydrogens is 252 g/mol. The van der Waals surface area contributed by atoms with Crippen molar-refractivity contribution in [3.05, 3.63) is 24.3 Å². The summed E-state index contributed by atoms with van der Waals surface area (Å²) in [5.74, 6) is 1.65. The standard InChI is InChI=1S/C16H24N2O2/c1-4-16(13-17,18-5-2)11-6-12-20-15-9-7-14(19-3)8-10-15/h7-10,18H,4-6,11-12H2,1-3H3. The number of nitrogens with one attached hydrogen (secondary N) is 1. The lowest BCUT2D eigenvalue weighted by atomic mass is 9.92. The molecule has 0 radical (unpaired) electrons. The summed E-state index contributed by atoms with van der Waals surface area (Å²) in [6.45, 7) is 5.48. The van der Waals surface area contributed by atoms with Gasteiger partial charge in [0.1, 0.15) is 17.0 Å². The second kappa shape index (κ2) is 8.44. The first-order valence-electron chi connectivity index (χ1n) is 7.13. The molecule has 0 spiro atoms. The van der Waals surface area contributed by atoms with E-state index in [2.05, 4.69) is 11.4 Å². The van der Waals surface area contributed by atoms with Gasteiger partial charge in [0.15, 0.2) is 0 Å². The molecule has 1 atom stereocenters. The summed E-state index contributed by atoms with van der Waals surface area (Å²) in [4.78, 5) is 0. The first kappa shape index (κ1) is 16.3. The molecule has 1 unspecified atom stereocenters. The highest BCUT2D eigenvalue weighted by Gasteiger charge is 2.25. The number of hydrogen-bond acceptors (Lipinski definition) is 4. The minimum Gasteiger partial charge on any atom is -0.497 e. The van der Waals surface area contributed by atoms with Crippen LogP contribution in [0.1, 0.15) is 33.1 Å². The molecule has 0 heterocycles. The summed E-state index contributed by atoms with van der Waals surface area (Å²) >= 11 is 0. The fourth-order valence-electron chi connectivity index (χ4n) is 2.14. The fourth-order valence-corrected chi connectivity index (χ4v) is 2.14. The Labute approximate surface area is 121 Å². The predicted molar refractivity (Wildman–Crippen MR) is 80.0 cm³/mol. The van der Waals surface area contributed by atoms with Crippen LogP contribution in [0.4, 0.5) is 0 Å². The molecule has 0 amide bonds. The van der Waals surface area contributed by atoms with Crippen molar-refractivity contribution in [1.29, 1.82) is 5.26 Å². The second-order valence-electron chi connectivity index (χ2n) is 4.71. The predicted octanol–water partition coefficient (Wildman–Crippen LogP) is 3.14. The smallest absolute Gasteiger partial charge is 0.119 e. The topological polar surface area (TPSA) is 54.3 Å². The van der Waals surface area contributed by atoms with Gasteiger partial charge in [-0.05, 0) is 50.1 Å². The normalized spacial score (nSPS) is 13.3. The molecule has 4 heteroatoms. The summed E-state index contributed by atoms with van der Waals surface area (Å²) in [5, 5.41) is 12.6. The maximum atomic E-state index is 9.31. The highest BCUT2D eigenvalue weighted by Crippen LogP contribution is 2.19. The van der Waals surface area contributed by atoms with Crippen LogP contribution in [-0.2, 0) is 0 Å². The van der Waals surface area contributed by atoms with Gasteiger partial charge in [0, 0.05) is 0 Å². The minimum absolute atomic E-state index is 0.419. The van der Waals surface area contributed by atoms with Crippen LogP contribution in [0.25, 0.3) is 0 Å². The Morgan fingerprint density at radius 2 is 1.85 bits per heavy atom. The van der Waals surface area contributed by atoms with Crippen LogP contribution in [0.3, 0.4) is 0 Å². The molecular formula is C16H24N2O2. The molecule has 0 bridgehead atoms. The van der Waals surface area contributed by atoms with E-state index in [1.165, 1.54) is 0 Å². The van der Waals surface area contributed by atoms with Crippen molar-refractivity contribution >= 4 is 0 Å². The van der Waals surface area contributed by atoms with Gasteiger partial charge in [-0.3, -0.25) is 5.32 Å². The number of ether oxygens (including phenoxy) is 2.